The number of nitrogens with zero attached hydrogens (tertiary/aromatic N) is 1. The van der Waals surface area contributed by atoms with Gasteiger partial charge in [0.1, 0.15) is 5.76 Å². The Morgan fingerprint density at radius 1 is 1.60 bits per heavy atom. The smallest absolute Gasteiger partial charge is 0.333 e. The summed E-state index contributed by atoms with van der Waals surface area (Å²) < 4.78 is 5.07. The Hall–Kier alpha value is -2.04. The second-order valence-corrected chi connectivity index (χ2v) is 3.24. The van der Waals surface area contributed by atoms with Crippen LogP contribution in [0.2, 0.25) is 0 Å². The molecule has 0 unspecified atom stereocenters. The molecular formula is C10H9NO4. The molecule has 5 heteroatoms. The van der Waals surface area contributed by atoms with Crippen LogP contribution in [0.15, 0.2) is 34.6 Å². The third-order valence-electron chi connectivity index (χ3n) is 2.15. The number of carbonyl (C=O) groups is 2. The largest absolute Gasteiger partial charge is 0.478 e. The molecule has 0 bridgehead atoms. The summed E-state index contributed by atoms with van der Waals surface area (Å²) >= 11 is 0. The van der Waals surface area contributed by atoms with Gasteiger partial charge < -0.3 is 14.4 Å². The van der Waals surface area contributed by atoms with Crippen LogP contribution in [0.5, 0.6) is 0 Å². The molecule has 0 saturated heterocycles. The maximum absolute atomic E-state index is 11.4. The molecule has 0 aliphatic carbocycles. The lowest BCUT2D eigenvalue weighted by atomic mass is 10.2. The van der Waals surface area contributed by atoms with Gasteiger partial charge in [0.15, 0.2) is 0 Å². The van der Waals surface area contributed by atoms with Crippen LogP contribution in [0, 0.1) is 0 Å². The fourth-order valence-electron chi connectivity index (χ4n) is 1.41. The van der Waals surface area contributed by atoms with E-state index < -0.39 is 5.97 Å². The molecule has 0 saturated carbocycles. The first-order chi connectivity index (χ1) is 7.16. The maximum atomic E-state index is 11.4. The van der Waals surface area contributed by atoms with Gasteiger partial charge in [0.05, 0.1) is 24.8 Å². The molecule has 1 aliphatic rings. The van der Waals surface area contributed by atoms with Crippen molar-refractivity contribution in [3.05, 3.63) is 35.9 Å². The van der Waals surface area contributed by atoms with Gasteiger partial charge in [-0.25, -0.2) is 4.79 Å². The van der Waals surface area contributed by atoms with Crippen LogP contribution >= 0.6 is 0 Å². The highest BCUT2D eigenvalue weighted by atomic mass is 16.4. The van der Waals surface area contributed by atoms with E-state index in [2.05, 4.69) is 0 Å². The van der Waals surface area contributed by atoms with Crippen molar-refractivity contribution in [2.24, 2.45) is 0 Å². The molecule has 5 nitrogen and oxygen atoms in total. The number of hydrogen-bond donors (Lipinski definition) is 1. The first-order valence-corrected chi connectivity index (χ1v) is 4.42. The fourth-order valence-corrected chi connectivity index (χ4v) is 1.41. The van der Waals surface area contributed by atoms with E-state index in [1.54, 1.807) is 12.1 Å². The van der Waals surface area contributed by atoms with Crippen molar-refractivity contribution < 1.29 is 19.1 Å². The van der Waals surface area contributed by atoms with E-state index in [9.17, 15) is 9.59 Å². The Morgan fingerprint density at radius 3 is 2.93 bits per heavy atom. The van der Waals surface area contributed by atoms with Gasteiger partial charge in [0.2, 0.25) is 5.91 Å². The fraction of sp³-hybridized carbons (Fsp3) is 0.200. The van der Waals surface area contributed by atoms with Crippen LogP contribution in [0.3, 0.4) is 0 Å². The van der Waals surface area contributed by atoms with Gasteiger partial charge in [0, 0.05) is 6.20 Å². The minimum absolute atomic E-state index is 0.0456. The van der Waals surface area contributed by atoms with Crippen molar-refractivity contribution in [3.63, 3.8) is 0 Å². The van der Waals surface area contributed by atoms with E-state index in [1.807, 2.05) is 0 Å². The summed E-state index contributed by atoms with van der Waals surface area (Å²) in [5.41, 5.74) is 0.117. The van der Waals surface area contributed by atoms with E-state index in [4.69, 9.17) is 9.52 Å². The van der Waals surface area contributed by atoms with Crippen LogP contribution in [0.1, 0.15) is 12.2 Å². The van der Waals surface area contributed by atoms with Gasteiger partial charge in [-0.15, -0.1) is 0 Å². The molecule has 0 fully saturated rings. The van der Waals surface area contributed by atoms with E-state index in [0.717, 1.165) is 0 Å². The molecule has 2 rings (SSSR count). The van der Waals surface area contributed by atoms with Gasteiger partial charge >= 0.3 is 5.97 Å². The van der Waals surface area contributed by atoms with Gasteiger partial charge in [0.25, 0.3) is 0 Å². The minimum atomic E-state index is -1.05. The number of carboxylic acid groups (broad SMARTS) is 1. The lowest BCUT2D eigenvalue weighted by Gasteiger charge is -2.10. The van der Waals surface area contributed by atoms with E-state index >= 15 is 0 Å². The second kappa shape index (κ2) is 3.61. The highest BCUT2D eigenvalue weighted by Crippen LogP contribution is 2.18. The lowest BCUT2D eigenvalue weighted by molar-refractivity contribution is -0.134. The van der Waals surface area contributed by atoms with Crippen molar-refractivity contribution in [1.29, 1.82) is 0 Å². The SMILES string of the molecule is O=C(O)C1=CN(Cc2ccco2)C(=O)C1. The maximum Gasteiger partial charge on any atom is 0.333 e. The average molecular weight is 207 g/mol. The third kappa shape index (κ3) is 1.90. The highest BCUT2D eigenvalue weighted by molar-refractivity contribution is 5.97. The Labute approximate surface area is 85.6 Å². The van der Waals surface area contributed by atoms with Crippen molar-refractivity contribution in [1.82, 2.24) is 4.90 Å². The molecule has 1 amide bonds. The number of furan rings is 1. The van der Waals surface area contributed by atoms with E-state index in [-0.39, 0.29) is 24.4 Å². The van der Waals surface area contributed by atoms with Crippen molar-refractivity contribution in [2.45, 2.75) is 13.0 Å². The summed E-state index contributed by atoms with van der Waals surface area (Å²) in [6.07, 6.45) is 2.82. The summed E-state index contributed by atoms with van der Waals surface area (Å²) in [4.78, 5) is 23.4. The van der Waals surface area contributed by atoms with Crippen LogP contribution in [-0.4, -0.2) is 21.9 Å². The quantitative estimate of drug-likeness (QED) is 0.802. The predicted octanol–water partition coefficient (Wildman–Crippen LogP) is 0.980. The molecular weight excluding hydrogens is 198 g/mol. The van der Waals surface area contributed by atoms with Crippen LogP contribution in [0.25, 0.3) is 0 Å². The number of aliphatic carboxylic acids is 1. The first-order valence-electron chi connectivity index (χ1n) is 4.42. The topological polar surface area (TPSA) is 70.8 Å². The highest BCUT2D eigenvalue weighted by Gasteiger charge is 2.26. The zero-order valence-corrected chi connectivity index (χ0v) is 7.84. The third-order valence-corrected chi connectivity index (χ3v) is 2.15. The number of hydrogen-bond acceptors (Lipinski definition) is 3. The van der Waals surface area contributed by atoms with Gasteiger partial charge in [-0.1, -0.05) is 0 Å². The summed E-state index contributed by atoms with van der Waals surface area (Å²) in [5, 5.41) is 8.70. The number of carbonyl (C=O) groups excluding carboxylic acids is 1. The lowest BCUT2D eigenvalue weighted by Crippen LogP contribution is -2.19. The molecule has 0 radical (unpaired) electrons. The van der Waals surface area contributed by atoms with Crippen molar-refractivity contribution in [3.8, 4) is 0 Å². The minimum Gasteiger partial charge on any atom is -0.478 e. The average Bonchev–Trinajstić information content (AvgIpc) is 2.77. The summed E-state index contributed by atoms with van der Waals surface area (Å²) in [7, 11) is 0. The molecule has 1 aromatic rings. The van der Waals surface area contributed by atoms with E-state index in [1.165, 1.54) is 17.4 Å². The van der Waals surface area contributed by atoms with Gasteiger partial charge in [-0.05, 0) is 12.1 Å². The molecule has 0 aromatic carbocycles. The summed E-state index contributed by atoms with van der Waals surface area (Å²) in [6, 6.07) is 3.46. The zero-order chi connectivity index (χ0) is 10.8. The van der Waals surface area contributed by atoms with E-state index in [0.29, 0.717) is 5.76 Å². The van der Waals surface area contributed by atoms with Crippen molar-refractivity contribution in [2.75, 3.05) is 0 Å². The Morgan fingerprint density at radius 2 is 2.40 bits per heavy atom. The normalized spacial score (nSPS) is 15.6. The standard InChI is InChI=1S/C10H9NO4/c12-9-4-7(10(13)14)5-11(9)6-8-2-1-3-15-8/h1-3,5H,4,6H2,(H,13,14). The Balaban J connectivity index is 2.10. The van der Waals surface area contributed by atoms with Crippen LogP contribution in [-0.2, 0) is 16.1 Å². The molecule has 15 heavy (non-hydrogen) atoms. The molecule has 1 N–H and O–H groups in total. The monoisotopic (exact) mass is 207 g/mol. The zero-order valence-electron chi connectivity index (χ0n) is 7.84. The second-order valence-electron chi connectivity index (χ2n) is 3.24. The molecule has 78 valence electrons. The number of rotatable bonds is 3. The van der Waals surface area contributed by atoms with Crippen LogP contribution in [0.4, 0.5) is 0 Å². The van der Waals surface area contributed by atoms with Gasteiger partial charge in [-0.2, -0.15) is 0 Å². The van der Waals surface area contributed by atoms with Crippen LogP contribution < -0.4 is 0 Å². The van der Waals surface area contributed by atoms with Gasteiger partial charge in [-0.3, -0.25) is 4.79 Å². The molecule has 1 aromatic heterocycles. The summed E-state index contributed by atoms with van der Waals surface area (Å²) in [5.74, 6) is -0.639. The molecule has 0 spiro atoms. The Kier molecular flexibility index (Phi) is 2.29. The molecule has 0 atom stereocenters. The molecule has 1 aliphatic heterocycles. The Bertz CT molecular complexity index is 419. The van der Waals surface area contributed by atoms with Crippen molar-refractivity contribution >= 4 is 11.9 Å². The number of carboxylic acids is 1. The molecule has 2 heterocycles. The number of amides is 1. The summed E-state index contributed by atoms with van der Waals surface area (Å²) in [6.45, 7) is 0.280. The first kappa shape index (κ1) is 9.51. The predicted molar refractivity (Wildman–Crippen MR) is 49.6 cm³/mol.